The first kappa shape index (κ1) is 10.3. The standard InChI is InChI=1S/C12H11F3/c13-11(12(14)15)10-6-5-8-3-1-2-4-9(8)7-10/h5-7H,1-4H2. The van der Waals surface area contributed by atoms with Crippen LogP contribution in [0.2, 0.25) is 0 Å². The maximum absolute atomic E-state index is 13.0. The number of halogens is 3. The minimum absolute atomic E-state index is 0.00403. The van der Waals surface area contributed by atoms with Crippen molar-refractivity contribution in [2.45, 2.75) is 25.7 Å². The van der Waals surface area contributed by atoms with E-state index >= 15 is 0 Å². The Balaban J connectivity index is 2.40. The van der Waals surface area contributed by atoms with Crippen LogP contribution in [0, 0.1) is 0 Å². The normalized spacial score (nSPS) is 14.6. The van der Waals surface area contributed by atoms with Crippen molar-refractivity contribution in [3.05, 3.63) is 41.0 Å². The lowest BCUT2D eigenvalue weighted by molar-refractivity contribution is 0.410. The second-order valence-electron chi connectivity index (χ2n) is 3.76. The van der Waals surface area contributed by atoms with Crippen molar-refractivity contribution in [2.24, 2.45) is 0 Å². The zero-order chi connectivity index (χ0) is 10.8. The summed E-state index contributed by atoms with van der Waals surface area (Å²) in [6.07, 6.45) is 1.77. The summed E-state index contributed by atoms with van der Waals surface area (Å²) >= 11 is 0. The lowest BCUT2D eigenvalue weighted by atomic mass is 9.90. The Kier molecular flexibility index (Phi) is 2.80. The molecule has 1 aromatic rings. The van der Waals surface area contributed by atoms with Gasteiger partial charge in [-0.05, 0) is 42.9 Å². The summed E-state index contributed by atoms with van der Waals surface area (Å²) in [5, 5.41) is 0. The Morgan fingerprint density at radius 1 is 0.933 bits per heavy atom. The molecule has 1 aromatic carbocycles. The molecule has 80 valence electrons. The van der Waals surface area contributed by atoms with Crippen LogP contribution < -0.4 is 0 Å². The molecule has 0 nitrogen and oxygen atoms in total. The average Bonchev–Trinajstić information content (AvgIpc) is 2.27. The molecule has 3 heteroatoms. The molecule has 2 rings (SSSR count). The Morgan fingerprint density at radius 2 is 1.60 bits per heavy atom. The quantitative estimate of drug-likeness (QED) is 0.657. The maximum Gasteiger partial charge on any atom is 0.306 e. The van der Waals surface area contributed by atoms with E-state index < -0.39 is 11.9 Å². The van der Waals surface area contributed by atoms with Crippen molar-refractivity contribution in [1.29, 1.82) is 0 Å². The van der Waals surface area contributed by atoms with E-state index in [4.69, 9.17) is 0 Å². The van der Waals surface area contributed by atoms with E-state index in [0.29, 0.717) is 0 Å². The molecular formula is C12H11F3. The molecule has 0 N–H and O–H groups in total. The minimum Gasteiger partial charge on any atom is -0.200 e. The monoisotopic (exact) mass is 212 g/mol. The fraction of sp³-hybridized carbons (Fsp3) is 0.333. The molecule has 0 saturated carbocycles. The van der Waals surface area contributed by atoms with E-state index in [1.807, 2.05) is 0 Å². The first-order chi connectivity index (χ1) is 7.18. The Hall–Kier alpha value is -1.25. The zero-order valence-corrected chi connectivity index (χ0v) is 8.19. The fourth-order valence-corrected chi connectivity index (χ4v) is 1.98. The Morgan fingerprint density at radius 3 is 2.27 bits per heavy atom. The average molecular weight is 212 g/mol. The molecule has 0 spiro atoms. The van der Waals surface area contributed by atoms with Gasteiger partial charge in [-0.15, -0.1) is 0 Å². The van der Waals surface area contributed by atoms with Gasteiger partial charge in [0.05, 0.1) is 0 Å². The molecule has 0 bridgehead atoms. The van der Waals surface area contributed by atoms with Crippen LogP contribution in [0.4, 0.5) is 13.2 Å². The number of benzene rings is 1. The van der Waals surface area contributed by atoms with Crippen LogP contribution in [0.3, 0.4) is 0 Å². The van der Waals surface area contributed by atoms with Crippen LogP contribution in [0.25, 0.3) is 5.83 Å². The van der Waals surface area contributed by atoms with Gasteiger partial charge in [0.2, 0.25) is 0 Å². The largest absolute Gasteiger partial charge is 0.306 e. The van der Waals surface area contributed by atoms with Gasteiger partial charge in [-0.2, -0.15) is 8.78 Å². The molecule has 0 heterocycles. The van der Waals surface area contributed by atoms with Gasteiger partial charge < -0.3 is 0 Å². The fourth-order valence-electron chi connectivity index (χ4n) is 1.98. The van der Waals surface area contributed by atoms with Gasteiger partial charge in [-0.3, -0.25) is 0 Å². The molecule has 1 aliphatic rings. The molecule has 0 radical (unpaired) electrons. The van der Waals surface area contributed by atoms with Crippen LogP contribution in [0.15, 0.2) is 24.3 Å². The Bertz CT molecular complexity index is 403. The predicted octanol–water partition coefficient (Wildman–Crippen LogP) is 4.10. The minimum atomic E-state index is -2.24. The highest BCUT2D eigenvalue weighted by molar-refractivity contribution is 5.61. The molecule has 0 unspecified atom stereocenters. The second kappa shape index (κ2) is 4.09. The zero-order valence-electron chi connectivity index (χ0n) is 8.19. The van der Waals surface area contributed by atoms with E-state index in [0.717, 1.165) is 36.8 Å². The van der Waals surface area contributed by atoms with Gasteiger partial charge in [-0.25, -0.2) is 4.39 Å². The van der Waals surface area contributed by atoms with Crippen molar-refractivity contribution in [3.8, 4) is 0 Å². The second-order valence-corrected chi connectivity index (χ2v) is 3.76. The van der Waals surface area contributed by atoms with Gasteiger partial charge >= 0.3 is 6.08 Å². The van der Waals surface area contributed by atoms with Crippen molar-refractivity contribution in [1.82, 2.24) is 0 Å². The number of aryl methyl sites for hydroxylation is 2. The number of fused-ring (bicyclic) bond motifs is 1. The third kappa shape index (κ3) is 2.06. The molecule has 0 amide bonds. The summed E-state index contributed by atoms with van der Waals surface area (Å²) < 4.78 is 37.1. The maximum atomic E-state index is 13.0. The van der Waals surface area contributed by atoms with E-state index in [2.05, 4.69) is 0 Å². The lowest BCUT2D eigenvalue weighted by Gasteiger charge is -2.15. The topological polar surface area (TPSA) is 0 Å². The van der Waals surface area contributed by atoms with Gasteiger partial charge in [0.1, 0.15) is 0 Å². The Labute approximate surface area is 86.4 Å². The first-order valence-corrected chi connectivity index (χ1v) is 5.01. The van der Waals surface area contributed by atoms with Crippen molar-refractivity contribution in [2.75, 3.05) is 0 Å². The van der Waals surface area contributed by atoms with Crippen molar-refractivity contribution >= 4 is 5.83 Å². The summed E-state index contributed by atoms with van der Waals surface area (Å²) in [6, 6.07) is 4.73. The number of hydrogen-bond acceptors (Lipinski definition) is 0. The molecule has 0 aliphatic heterocycles. The van der Waals surface area contributed by atoms with Crippen LogP contribution in [0.1, 0.15) is 29.5 Å². The van der Waals surface area contributed by atoms with E-state index in [-0.39, 0.29) is 5.56 Å². The number of rotatable bonds is 1. The van der Waals surface area contributed by atoms with Crippen LogP contribution in [-0.4, -0.2) is 0 Å². The highest BCUT2D eigenvalue weighted by atomic mass is 19.3. The number of hydrogen-bond donors (Lipinski definition) is 0. The highest BCUT2D eigenvalue weighted by Crippen LogP contribution is 2.27. The van der Waals surface area contributed by atoms with E-state index in [1.165, 1.54) is 6.07 Å². The first-order valence-electron chi connectivity index (χ1n) is 5.01. The van der Waals surface area contributed by atoms with Gasteiger partial charge in [0, 0.05) is 5.56 Å². The SMILES string of the molecule is FC(F)=C(F)c1ccc2c(c1)CCCC2. The smallest absolute Gasteiger partial charge is 0.200 e. The summed E-state index contributed by atoms with van der Waals surface area (Å²) in [6.45, 7) is 0. The van der Waals surface area contributed by atoms with E-state index in [1.54, 1.807) is 12.1 Å². The third-order valence-corrected chi connectivity index (χ3v) is 2.77. The predicted molar refractivity (Wildman–Crippen MR) is 53.3 cm³/mol. The summed E-state index contributed by atoms with van der Waals surface area (Å²) in [5.41, 5.74) is 2.17. The van der Waals surface area contributed by atoms with Gasteiger partial charge in [0.15, 0.2) is 5.83 Å². The summed E-state index contributed by atoms with van der Waals surface area (Å²) in [4.78, 5) is 0. The molecule has 0 fully saturated rings. The third-order valence-electron chi connectivity index (χ3n) is 2.77. The molecule has 1 aliphatic carbocycles. The van der Waals surface area contributed by atoms with Gasteiger partial charge in [-0.1, -0.05) is 12.1 Å². The molecule has 0 atom stereocenters. The molecule has 0 aromatic heterocycles. The van der Waals surface area contributed by atoms with Crippen LogP contribution >= 0.6 is 0 Å². The summed E-state index contributed by atoms with van der Waals surface area (Å²) in [5.74, 6) is -1.40. The van der Waals surface area contributed by atoms with Crippen LogP contribution in [-0.2, 0) is 12.8 Å². The summed E-state index contributed by atoms with van der Waals surface area (Å²) in [7, 11) is 0. The van der Waals surface area contributed by atoms with Gasteiger partial charge in [0.25, 0.3) is 0 Å². The van der Waals surface area contributed by atoms with Crippen molar-refractivity contribution in [3.63, 3.8) is 0 Å². The molecule has 15 heavy (non-hydrogen) atoms. The van der Waals surface area contributed by atoms with E-state index in [9.17, 15) is 13.2 Å². The molecule has 0 saturated heterocycles. The molecular weight excluding hydrogens is 201 g/mol. The van der Waals surface area contributed by atoms with Crippen molar-refractivity contribution < 1.29 is 13.2 Å². The van der Waals surface area contributed by atoms with Crippen LogP contribution in [0.5, 0.6) is 0 Å². The lowest BCUT2D eigenvalue weighted by Crippen LogP contribution is -2.02. The highest BCUT2D eigenvalue weighted by Gasteiger charge is 2.13.